The molecule has 1 fully saturated rings. The van der Waals surface area contributed by atoms with Crippen LogP contribution in [0.1, 0.15) is 18.1 Å². The summed E-state index contributed by atoms with van der Waals surface area (Å²) in [7, 11) is 1.65. The van der Waals surface area contributed by atoms with E-state index in [1.807, 2.05) is 4.90 Å². The van der Waals surface area contributed by atoms with Crippen LogP contribution in [0, 0.1) is 0 Å². The molecule has 2 rings (SSSR count). The van der Waals surface area contributed by atoms with Crippen LogP contribution in [0.5, 0.6) is 0 Å². The highest BCUT2D eigenvalue weighted by Crippen LogP contribution is 2.29. The number of nitrogens with zero attached hydrogens (tertiary/aromatic N) is 3. The van der Waals surface area contributed by atoms with E-state index in [1.54, 1.807) is 18.9 Å². The van der Waals surface area contributed by atoms with E-state index in [4.69, 9.17) is 4.74 Å². The van der Waals surface area contributed by atoms with Crippen LogP contribution in [-0.2, 0) is 17.5 Å². The van der Waals surface area contributed by atoms with Crippen molar-refractivity contribution < 1.29 is 22.7 Å². The van der Waals surface area contributed by atoms with Crippen molar-refractivity contribution in [2.24, 2.45) is 4.99 Å². The molecule has 0 aromatic heterocycles. The molecule has 1 aromatic rings. The number of nitrogens with one attached hydrogen (secondary N) is 1. The van der Waals surface area contributed by atoms with Gasteiger partial charge >= 0.3 is 12.3 Å². The van der Waals surface area contributed by atoms with Crippen molar-refractivity contribution in [3.05, 3.63) is 35.4 Å². The summed E-state index contributed by atoms with van der Waals surface area (Å²) in [5, 5.41) is 3.14. The second-order valence-corrected chi connectivity index (χ2v) is 5.77. The molecule has 1 aromatic carbocycles. The van der Waals surface area contributed by atoms with Crippen molar-refractivity contribution in [3.8, 4) is 0 Å². The summed E-state index contributed by atoms with van der Waals surface area (Å²) < 4.78 is 42.8. The summed E-state index contributed by atoms with van der Waals surface area (Å²) in [6.07, 6.45) is -4.65. The summed E-state index contributed by atoms with van der Waals surface area (Å²) >= 11 is 0. The first kappa shape index (κ1) is 23.3. The molecule has 27 heavy (non-hydrogen) atoms. The molecular formula is C17H24F3IN4O2. The van der Waals surface area contributed by atoms with Gasteiger partial charge in [-0.25, -0.2) is 4.79 Å². The average Bonchev–Trinajstić information content (AvgIpc) is 2.62. The molecule has 0 radical (unpaired) electrons. The largest absolute Gasteiger partial charge is 0.450 e. The lowest BCUT2D eigenvalue weighted by Gasteiger charge is -2.35. The maximum absolute atomic E-state index is 12.6. The number of carbonyl (C=O) groups excluding carboxylic acids is 1. The number of hydrogen-bond donors (Lipinski definition) is 1. The number of benzene rings is 1. The molecule has 0 bridgehead atoms. The van der Waals surface area contributed by atoms with Gasteiger partial charge in [0.2, 0.25) is 0 Å². The first-order valence-electron chi connectivity index (χ1n) is 8.38. The molecule has 1 amide bonds. The number of aliphatic imine (C=N–C) groups is 1. The minimum Gasteiger partial charge on any atom is -0.450 e. The SMILES string of the molecule is CCOC(=O)N1CCN(C(=NC)NCc2ccc(C(F)(F)F)cc2)CC1.I. The molecule has 0 spiro atoms. The quantitative estimate of drug-likeness (QED) is 0.394. The van der Waals surface area contributed by atoms with Gasteiger partial charge < -0.3 is 19.9 Å². The second kappa shape index (κ2) is 10.6. The summed E-state index contributed by atoms with van der Waals surface area (Å²) in [5.74, 6) is 0.647. The van der Waals surface area contributed by atoms with Crippen LogP contribution in [0.25, 0.3) is 0 Å². The van der Waals surface area contributed by atoms with E-state index in [0.29, 0.717) is 45.3 Å². The minimum absolute atomic E-state index is 0. The average molecular weight is 500 g/mol. The standard InChI is InChI=1S/C17H23F3N4O2.HI/c1-3-26-16(25)24-10-8-23(9-11-24)15(21-2)22-12-13-4-6-14(7-5-13)17(18,19)20;/h4-7H,3,8-12H2,1-2H3,(H,21,22);1H. The van der Waals surface area contributed by atoms with Crippen molar-refractivity contribution in [1.29, 1.82) is 0 Å². The Labute approximate surface area is 173 Å². The van der Waals surface area contributed by atoms with E-state index < -0.39 is 11.7 Å². The highest BCUT2D eigenvalue weighted by molar-refractivity contribution is 14.0. The predicted octanol–water partition coefficient (Wildman–Crippen LogP) is 3.17. The van der Waals surface area contributed by atoms with Crippen molar-refractivity contribution in [1.82, 2.24) is 15.1 Å². The van der Waals surface area contributed by atoms with E-state index in [1.165, 1.54) is 12.1 Å². The molecular weight excluding hydrogens is 476 g/mol. The first-order chi connectivity index (χ1) is 12.3. The molecule has 0 unspecified atom stereocenters. The number of halogens is 4. The van der Waals surface area contributed by atoms with Gasteiger partial charge in [0.1, 0.15) is 0 Å². The molecule has 1 N–H and O–H groups in total. The molecule has 6 nitrogen and oxygen atoms in total. The molecule has 1 saturated heterocycles. The normalized spacial score (nSPS) is 15.2. The van der Waals surface area contributed by atoms with Crippen LogP contribution in [-0.4, -0.2) is 61.7 Å². The van der Waals surface area contributed by atoms with Gasteiger partial charge in [0.15, 0.2) is 5.96 Å². The Bertz CT molecular complexity index is 630. The van der Waals surface area contributed by atoms with Gasteiger partial charge in [-0.15, -0.1) is 24.0 Å². The summed E-state index contributed by atoms with van der Waals surface area (Å²) in [4.78, 5) is 19.6. The van der Waals surface area contributed by atoms with Crippen molar-refractivity contribution >= 4 is 36.0 Å². The molecule has 0 atom stereocenters. The number of ether oxygens (including phenoxy) is 1. The molecule has 152 valence electrons. The van der Waals surface area contributed by atoms with Gasteiger partial charge in [0.25, 0.3) is 0 Å². The predicted molar refractivity (Wildman–Crippen MR) is 107 cm³/mol. The van der Waals surface area contributed by atoms with Crippen molar-refractivity contribution in [2.45, 2.75) is 19.6 Å². The number of rotatable bonds is 3. The van der Waals surface area contributed by atoms with E-state index in [0.717, 1.165) is 17.7 Å². The maximum atomic E-state index is 12.6. The molecule has 10 heteroatoms. The number of hydrogen-bond acceptors (Lipinski definition) is 3. The molecule has 1 heterocycles. The number of alkyl halides is 3. The minimum atomic E-state index is -4.33. The van der Waals surface area contributed by atoms with E-state index in [2.05, 4.69) is 10.3 Å². The van der Waals surface area contributed by atoms with E-state index in [-0.39, 0.29) is 30.1 Å². The maximum Gasteiger partial charge on any atom is 0.416 e. The Hall–Kier alpha value is -1.72. The van der Waals surface area contributed by atoms with Gasteiger partial charge in [-0.3, -0.25) is 4.99 Å². The van der Waals surface area contributed by atoms with Crippen LogP contribution < -0.4 is 5.32 Å². The molecule has 1 aliphatic heterocycles. The van der Waals surface area contributed by atoms with Crippen molar-refractivity contribution in [2.75, 3.05) is 39.8 Å². The van der Waals surface area contributed by atoms with E-state index in [9.17, 15) is 18.0 Å². The molecule has 0 aliphatic carbocycles. The van der Waals surface area contributed by atoms with Crippen LogP contribution in [0.2, 0.25) is 0 Å². The van der Waals surface area contributed by atoms with Crippen LogP contribution in [0.3, 0.4) is 0 Å². The fourth-order valence-electron chi connectivity index (χ4n) is 2.64. The van der Waals surface area contributed by atoms with Gasteiger partial charge in [-0.1, -0.05) is 12.1 Å². The summed E-state index contributed by atoms with van der Waals surface area (Å²) in [6, 6.07) is 5.03. The second-order valence-electron chi connectivity index (χ2n) is 5.77. The Morgan fingerprint density at radius 2 is 1.70 bits per heavy atom. The van der Waals surface area contributed by atoms with Gasteiger partial charge in [-0.2, -0.15) is 13.2 Å². The van der Waals surface area contributed by atoms with Crippen molar-refractivity contribution in [3.63, 3.8) is 0 Å². The monoisotopic (exact) mass is 500 g/mol. The van der Waals surface area contributed by atoms with Gasteiger partial charge in [0, 0.05) is 39.8 Å². The third kappa shape index (κ3) is 6.74. The number of carbonyl (C=O) groups is 1. The summed E-state index contributed by atoms with van der Waals surface area (Å²) in [5.41, 5.74) is 0.0602. The Morgan fingerprint density at radius 1 is 1.15 bits per heavy atom. The zero-order chi connectivity index (χ0) is 19.2. The lowest BCUT2D eigenvalue weighted by Crippen LogP contribution is -2.53. The number of amides is 1. The molecule has 1 aliphatic rings. The highest BCUT2D eigenvalue weighted by atomic mass is 127. The van der Waals surface area contributed by atoms with E-state index >= 15 is 0 Å². The number of piperazine rings is 1. The number of guanidine groups is 1. The van der Waals surface area contributed by atoms with Gasteiger partial charge in [0.05, 0.1) is 12.2 Å². The lowest BCUT2D eigenvalue weighted by atomic mass is 10.1. The summed E-state index contributed by atoms with van der Waals surface area (Å²) in [6.45, 7) is 4.73. The molecule has 0 saturated carbocycles. The van der Waals surface area contributed by atoms with Crippen LogP contribution in [0.4, 0.5) is 18.0 Å². The Balaban J connectivity index is 0.00000364. The highest BCUT2D eigenvalue weighted by Gasteiger charge is 2.30. The van der Waals surface area contributed by atoms with Gasteiger partial charge in [-0.05, 0) is 24.6 Å². The Kier molecular flexibility index (Phi) is 9.13. The van der Waals surface area contributed by atoms with Crippen LogP contribution >= 0.6 is 24.0 Å². The third-order valence-corrected chi connectivity index (χ3v) is 4.05. The third-order valence-electron chi connectivity index (χ3n) is 4.05. The fraction of sp³-hybridized carbons (Fsp3) is 0.529. The lowest BCUT2D eigenvalue weighted by molar-refractivity contribution is -0.137. The zero-order valence-corrected chi connectivity index (χ0v) is 17.6. The topological polar surface area (TPSA) is 57.2 Å². The first-order valence-corrected chi connectivity index (χ1v) is 8.38. The zero-order valence-electron chi connectivity index (χ0n) is 15.3. The fourth-order valence-corrected chi connectivity index (χ4v) is 2.64. The Morgan fingerprint density at radius 3 is 2.19 bits per heavy atom. The smallest absolute Gasteiger partial charge is 0.416 e. The van der Waals surface area contributed by atoms with Crippen LogP contribution in [0.15, 0.2) is 29.3 Å².